The number of rotatable bonds is 7. The van der Waals surface area contributed by atoms with Gasteiger partial charge < -0.3 is 10.1 Å². The summed E-state index contributed by atoms with van der Waals surface area (Å²) in [6.45, 7) is 7.78. The third-order valence-corrected chi connectivity index (χ3v) is 3.07. The average Bonchev–Trinajstić information content (AvgIpc) is 2.53. The van der Waals surface area contributed by atoms with E-state index in [1.807, 2.05) is 30.3 Å². The molecule has 2 rings (SSSR count). The highest BCUT2D eigenvalue weighted by atomic mass is 16.5. The summed E-state index contributed by atoms with van der Waals surface area (Å²) >= 11 is 0. The Morgan fingerprint density at radius 3 is 2.62 bits per heavy atom. The van der Waals surface area contributed by atoms with Crippen LogP contribution in [0.25, 0.3) is 11.3 Å². The second-order valence-electron chi connectivity index (χ2n) is 4.78. The van der Waals surface area contributed by atoms with Gasteiger partial charge in [-0.3, -0.25) is 0 Å². The van der Waals surface area contributed by atoms with Gasteiger partial charge in [-0.1, -0.05) is 26.0 Å². The fourth-order valence-corrected chi connectivity index (χ4v) is 2.08. The number of hydrogen-bond donors (Lipinski definition) is 1. The van der Waals surface area contributed by atoms with E-state index < -0.39 is 0 Å². The van der Waals surface area contributed by atoms with Gasteiger partial charge in [0.1, 0.15) is 17.4 Å². The van der Waals surface area contributed by atoms with Crippen LogP contribution in [0.5, 0.6) is 5.75 Å². The maximum absolute atomic E-state index is 5.83. The minimum atomic E-state index is 0.711. The first-order chi connectivity index (χ1) is 10.3. The fourth-order valence-electron chi connectivity index (χ4n) is 2.08. The smallest absolute Gasteiger partial charge is 0.131 e. The van der Waals surface area contributed by atoms with Crippen LogP contribution in [0, 0.1) is 0 Å². The monoisotopic (exact) mass is 285 g/mol. The topological polar surface area (TPSA) is 47.0 Å². The number of para-hydroxylation sites is 1. The molecule has 4 nitrogen and oxygen atoms in total. The SMILES string of the molecule is CCCOc1ccccc1-c1cc(NCC)nc(CC)n1. The number of anilines is 1. The van der Waals surface area contributed by atoms with Crippen LogP contribution < -0.4 is 10.1 Å². The van der Waals surface area contributed by atoms with Crippen LogP contribution in [0.3, 0.4) is 0 Å². The Morgan fingerprint density at radius 2 is 1.90 bits per heavy atom. The molecule has 0 aliphatic heterocycles. The zero-order chi connectivity index (χ0) is 15.1. The molecule has 0 unspecified atom stereocenters. The maximum atomic E-state index is 5.83. The summed E-state index contributed by atoms with van der Waals surface area (Å²) in [7, 11) is 0. The molecule has 21 heavy (non-hydrogen) atoms. The Balaban J connectivity index is 2.42. The lowest BCUT2D eigenvalue weighted by Crippen LogP contribution is -2.05. The van der Waals surface area contributed by atoms with E-state index in [4.69, 9.17) is 4.74 Å². The van der Waals surface area contributed by atoms with Gasteiger partial charge in [-0.2, -0.15) is 0 Å². The minimum Gasteiger partial charge on any atom is -0.493 e. The van der Waals surface area contributed by atoms with Crippen molar-refractivity contribution in [2.75, 3.05) is 18.5 Å². The van der Waals surface area contributed by atoms with Crippen LogP contribution in [0.4, 0.5) is 5.82 Å². The van der Waals surface area contributed by atoms with E-state index in [1.165, 1.54) is 0 Å². The second-order valence-corrected chi connectivity index (χ2v) is 4.78. The third-order valence-electron chi connectivity index (χ3n) is 3.07. The fraction of sp³-hybridized carbons (Fsp3) is 0.412. The molecule has 0 saturated heterocycles. The Morgan fingerprint density at radius 1 is 1.10 bits per heavy atom. The van der Waals surface area contributed by atoms with Crippen molar-refractivity contribution in [1.82, 2.24) is 9.97 Å². The molecule has 0 aliphatic carbocycles. The highest BCUT2D eigenvalue weighted by Gasteiger charge is 2.10. The molecule has 0 saturated carbocycles. The Bertz CT molecular complexity index is 584. The van der Waals surface area contributed by atoms with E-state index in [1.54, 1.807) is 0 Å². The van der Waals surface area contributed by atoms with Crippen LogP contribution >= 0.6 is 0 Å². The number of nitrogens with one attached hydrogen (secondary N) is 1. The van der Waals surface area contributed by atoms with E-state index in [0.29, 0.717) is 6.61 Å². The van der Waals surface area contributed by atoms with Crippen molar-refractivity contribution in [3.63, 3.8) is 0 Å². The molecular weight excluding hydrogens is 262 g/mol. The zero-order valence-corrected chi connectivity index (χ0v) is 13.0. The number of ether oxygens (including phenoxy) is 1. The van der Waals surface area contributed by atoms with Gasteiger partial charge >= 0.3 is 0 Å². The first-order valence-electron chi connectivity index (χ1n) is 7.62. The molecule has 1 aromatic heterocycles. The first-order valence-corrected chi connectivity index (χ1v) is 7.62. The number of aryl methyl sites for hydroxylation is 1. The summed E-state index contributed by atoms with van der Waals surface area (Å²) in [5, 5.41) is 3.26. The van der Waals surface area contributed by atoms with E-state index >= 15 is 0 Å². The molecule has 0 amide bonds. The van der Waals surface area contributed by atoms with Crippen molar-refractivity contribution in [2.45, 2.75) is 33.6 Å². The van der Waals surface area contributed by atoms with Gasteiger partial charge in [-0.05, 0) is 25.5 Å². The molecule has 0 atom stereocenters. The van der Waals surface area contributed by atoms with Crippen molar-refractivity contribution in [1.29, 1.82) is 0 Å². The third kappa shape index (κ3) is 3.94. The second kappa shape index (κ2) is 7.62. The van der Waals surface area contributed by atoms with Crippen LogP contribution in [-0.4, -0.2) is 23.1 Å². The van der Waals surface area contributed by atoms with Gasteiger partial charge in [-0.15, -0.1) is 0 Å². The number of aromatic nitrogens is 2. The first kappa shape index (κ1) is 15.3. The maximum Gasteiger partial charge on any atom is 0.131 e. The summed E-state index contributed by atoms with van der Waals surface area (Å²) in [5.41, 5.74) is 1.92. The van der Waals surface area contributed by atoms with Crippen LogP contribution in [0.2, 0.25) is 0 Å². The van der Waals surface area contributed by atoms with Crippen LogP contribution in [0.1, 0.15) is 33.0 Å². The average molecular weight is 285 g/mol. The molecule has 1 heterocycles. The Kier molecular flexibility index (Phi) is 5.55. The highest BCUT2D eigenvalue weighted by Crippen LogP contribution is 2.29. The molecular formula is C17H23N3O. The standard InChI is InChI=1S/C17H23N3O/c1-4-11-21-15-10-8-7-9-13(15)14-12-17(18-6-3)20-16(5-2)19-14/h7-10,12H,4-6,11H2,1-3H3,(H,18,19,20). The lowest BCUT2D eigenvalue weighted by atomic mass is 10.1. The Labute approximate surface area is 126 Å². The predicted molar refractivity (Wildman–Crippen MR) is 86.8 cm³/mol. The predicted octanol–water partition coefficient (Wildman–Crippen LogP) is 3.93. The Hall–Kier alpha value is -2.10. The van der Waals surface area contributed by atoms with Crippen LogP contribution in [0.15, 0.2) is 30.3 Å². The van der Waals surface area contributed by atoms with Gasteiger partial charge in [0, 0.05) is 24.6 Å². The van der Waals surface area contributed by atoms with E-state index in [0.717, 1.165) is 48.0 Å². The molecule has 1 N–H and O–H groups in total. The van der Waals surface area contributed by atoms with Crippen molar-refractivity contribution in [3.05, 3.63) is 36.2 Å². The molecule has 0 spiro atoms. The van der Waals surface area contributed by atoms with Gasteiger partial charge in [0.15, 0.2) is 0 Å². The van der Waals surface area contributed by atoms with Gasteiger partial charge in [-0.25, -0.2) is 9.97 Å². The minimum absolute atomic E-state index is 0.711. The molecule has 112 valence electrons. The molecule has 2 aromatic rings. The molecule has 1 aromatic carbocycles. The summed E-state index contributed by atoms with van der Waals surface area (Å²) in [5.74, 6) is 2.58. The summed E-state index contributed by atoms with van der Waals surface area (Å²) in [6, 6.07) is 10.0. The van der Waals surface area contributed by atoms with Crippen molar-refractivity contribution in [2.24, 2.45) is 0 Å². The molecule has 0 aliphatic rings. The van der Waals surface area contributed by atoms with E-state index in [-0.39, 0.29) is 0 Å². The van der Waals surface area contributed by atoms with E-state index in [2.05, 4.69) is 36.1 Å². The van der Waals surface area contributed by atoms with Gasteiger partial charge in [0.25, 0.3) is 0 Å². The van der Waals surface area contributed by atoms with Crippen molar-refractivity contribution in [3.8, 4) is 17.0 Å². The largest absolute Gasteiger partial charge is 0.493 e. The summed E-state index contributed by atoms with van der Waals surface area (Å²) in [6.07, 6.45) is 1.80. The normalized spacial score (nSPS) is 10.4. The zero-order valence-electron chi connectivity index (χ0n) is 13.0. The van der Waals surface area contributed by atoms with Crippen molar-refractivity contribution >= 4 is 5.82 Å². The summed E-state index contributed by atoms with van der Waals surface area (Å²) in [4.78, 5) is 9.14. The molecule has 0 radical (unpaired) electrons. The van der Waals surface area contributed by atoms with Crippen LogP contribution in [-0.2, 0) is 6.42 Å². The van der Waals surface area contributed by atoms with Gasteiger partial charge in [0.2, 0.25) is 0 Å². The lowest BCUT2D eigenvalue weighted by molar-refractivity contribution is 0.318. The number of benzene rings is 1. The van der Waals surface area contributed by atoms with Crippen molar-refractivity contribution < 1.29 is 4.74 Å². The number of nitrogens with zero attached hydrogens (tertiary/aromatic N) is 2. The number of hydrogen-bond acceptors (Lipinski definition) is 4. The molecule has 0 fully saturated rings. The molecule has 0 bridgehead atoms. The quantitative estimate of drug-likeness (QED) is 0.837. The van der Waals surface area contributed by atoms with E-state index in [9.17, 15) is 0 Å². The molecule has 4 heteroatoms. The summed E-state index contributed by atoms with van der Waals surface area (Å²) < 4.78 is 5.83. The van der Waals surface area contributed by atoms with Gasteiger partial charge in [0.05, 0.1) is 12.3 Å². The highest BCUT2D eigenvalue weighted by molar-refractivity contribution is 5.69. The lowest BCUT2D eigenvalue weighted by Gasteiger charge is -2.12.